The van der Waals surface area contributed by atoms with E-state index in [1.807, 2.05) is 0 Å². The van der Waals surface area contributed by atoms with Crippen molar-refractivity contribution in [2.24, 2.45) is 17.8 Å². The van der Waals surface area contributed by atoms with E-state index in [-0.39, 0.29) is 6.29 Å². The van der Waals surface area contributed by atoms with E-state index < -0.39 is 0 Å². The standard InChI is InChI=1S/C11H16O3/c1-7-3-4-9-8(5-12)6-14-11(13-2)10(7)9/h5-7,9-11H,3-4H2,1-2H3/t7-,9-,10-,11+/m1/s1. The number of hydrogen-bond donors (Lipinski definition) is 0. The molecule has 0 amide bonds. The molecular formula is C11H16O3. The van der Waals surface area contributed by atoms with Crippen molar-refractivity contribution in [3.63, 3.8) is 0 Å². The molecule has 0 aromatic rings. The lowest BCUT2D eigenvalue weighted by molar-refractivity contribution is -0.146. The van der Waals surface area contributed by atoms with Crippen LogP contribution in [0, 0.1) is 17.8 Å². The smallest absolute Gasteiger partial charge is 0.202 e. The van der Waals surface area contributed by atoms with Crippen molar-refractivity contribution in [1.82, 2.24) is 0 Å². The van der Waals surface area contributed by atoms with E-state index in [9.17, 15) is 4.79 Å². The number of allylic oxidation sites excluding steroid dienone is 1. The third-order valence-corrected chi connectivity index (χ3v) is 3.50. The van der Waals surface area contributed by atoms with Gasteiger partial charge in [-0.25, -0.2) is 0 Å². The number of carbonyl (C=O) groups is 1. The highest BCUT2D eigenvalue weighted by Crippen LogP contribution is 2.45. The second kappa shape index (κ2) is 3.73. The molecule has 1 saturated carbocycles. The van der Waals surface area contributed by atoms with Crippen LogP contribution in [0.1, 0.15) is 19.8 Å². The molecule has 0 unspecified atom stereocenters. The van der Waals surface area contributed by atoms with Crippen LogP contribution in [0.2, 0.25) is 0 Å². The summed E-state index contributed by atoms with van der Waals surface area (Å²) >= 11 is 0. The second-order valence-electron chi connectivity index (χ2n) is 4.21. The van der Waals surface area contributed by atoms with E-state index >= 15 is 0 Å². The minimum absolute atomic E-state index is 0.166. The Morgan fingerprint density at radius 1 is 1.57 bits per heavy atom. The first-order chi connectivity index (χ1) is 6.77. The van der Waals surface area contributed by atoms with Crippen molar-refractivity contribution >= 4 is 6.29 Å². The zero-order valence-electron chi connectivity index (χ0n) is 8.60. The van der Waals surface area contributed by atoms with E-state index in [1.165, 1.54) is 0 Å². The van der Waals surface area contributed by atoms with E-state index in [1.54, 1.807) is 13.4 Å². The van der Waals surface area contributed by atoms with Gasteiger partial charge < -0.3 is 9.47 Å². The fourth-order valence-electron chi connectivity index (χ4n) is 2.72. The molecule has 2 aliphatic rings. The van der Waals surface area contributed by atoms with Crippen molar-refractivity contribution in [1.29, 1.82) is 0 Å². The molecule has 4 atom stereocenters. The molecule has 1 aliphatic heterocycles. The van der Waals surface area contributed by atoms with E-state index in [0.29, 0.717) is 17.8 Å². The summed E-state index contributed by atoms with van der Waals surface area (Å²) in [6.45, 7) is 2.20. The summed E-state index contributed by atoms with van der Waals surface area (Å²) in [5.74, 6) is 1.28. The molecule has 1 aliphatic carbocycles. The topological polar surface area (TPSA) is 35.5 Å². The van der Waals surface area contributed by atoms with Gasteiger partial charge in [-0.05, 0) is 24.7 Å². The predicted octanol–water partition coefficient (Wildman–Crippen LogP) is 1.73. The van der Waals surface area contributed by atoms with Gasteiger partial charge in [0, 0.05) is 18.6 Å². The highest BCUT2D eigenvalue weighted by Gasteiger charge is 2.44. The summed E-state index contributed by atoms with van der Waals surface area (Å²) in [5, 5.41) is 0. The Kier molecular flexibility index (Phi) is 2.59. The molecule has 0 radical (unpaired) electrons. The summed E-state index contributed by atoms with van der Waals surface area (Å²) in [5.41, 5.74) is 0.799. The van der Waals surface area contributed by atoms with Crippen LogP contribution < -0.4 is 0 Å². The third-order valence-electron chi connectivity index (χ3n) is 3.50. The SMILES string of the molecule is CO[C@H]1OC=C(C=O)[C@H]2CC[C@@H](C)[C@@H]12. The molecule has 0 aromatic carbocycles. The Labute approximate surface area is 84.1 Å². The van der Waals surface area contributed by atoms with Crippen LogP contribution in [0.25, 0.3) is 0 Å². The second-order valence-corrected chi connectivity index (χ2v) is 4.21. The molecule has 0 saturated heterocycles. The van der Waals surface area contributed by atoms with E-state index in [4.69, 9.17) is 9.47 Å². The van der Waals surface area contributed by atoms with Gasteiger partial charge in [0.1, 0.15) is 6.29 Å². The van der Waals surface area contributed by atoms with Gasteiger partial charge in [0.25, 0.3) is 0 Å². The summed E-state index contributed by atoms with van der Waals surface area (Å²) < 4.78 is 10.7. The highest BCUT2D eigenvalue weighted by atomic mass is 16.7. The molecule has 0 aromatic heterocycles. The highest BCUT2D eigenvalue weighted by molar-refractivity contribution is 5.74. The Bertz CT molecular complexity index is 259. The maximum absolute atomic E-state index is 10.8. The first kappa shape index (κ1) is 9.71. The molecule has 2 rings (SSSR count). The quantitative estimate of drug-likeness (QED) is 0.631. The van der Waals surface area contributed by atoms with Crippen LogP contribution in [0.4, 0.5) is 0 Å². The zero-order valence-corrected chi connectivity index (χ0v) is 8.60. The van der Waals surface area contributed by atoms with E-state index in [0.717, 1.165) is 24.7 Å². The number of methoxy groups -OCH3 is 1. The fraction of sp³-hybridized carbons (Fsp3) is 0.727. The van der Waals surface area contributed by atoms with Crippen molar-refractivity contribution < 1.29 is 14.3 Å². The predicted molar refractivity (Wildman–Crippen MR) is 51.4 cm³/mol. The van der Waals surface area contributed by atoms with Crippen molar-refractivity contribution in [2.75, 3.05) is 7.11 Å². The molecule has 3 heteroatoms. The summed E-state index contributed by atoms with van der Waals surface area (Å²) in [7, 11) is 1.66. The Balaban J connectivity index is 2.25. The molecule has 78 valence electrons. The molecule has 1 fully saturated rings. The maximum Gasteiger partial charge on any atom is 0.202 e. The zero-order chi connectivity index (χ0) is 10.1. The largest absolute Gasteiger partial charge is 0.472 e. The van der Waals surface area contributed by atoms with E-state index in [2.05, 4.69) is 6.92 Å². The van der Waals surface area contributed by atoms with Crippen molar-refractivity contribution in [3.05, 3.63) is 11.8 Å². The Morgan fingerprint density at radius 3 is 3.00 bits per heavy atom. The van der Waals surface area contributed by atoms with Crippen LogP contribution in [0.3, 0.4) is 0 Å². The van der Waals surface area contributed by atoms with Gasteiger partial charge in [0.2, 0.25) is 6.29 Å². The van der Waals surface area contributed by atoms with Crippen molar-refractivity contribution in [3.8, 4) is 0 Å². The molecule has 0 bridgehead atoms. The number of carbonyl (C=O) groups excluding carboxylic acids is 1. The lowest BCUT2D eigenvalue weighted by atomic mass is 9.84. The van der Waals surface area contributed by atoms with Gasteiger partial charge in [-0.1, -0.05) is 6.92 Å². The average molecular weight is 196 g/mol. The van der Waals surface area contributed by atoms with Gasteiger partial charge in [-0.2, -0.15) is 0 Å². The lowest BCUT2D eigenvalue weighted by Crippen LogP contribution is -2.35. The number of fused-ring (bicyclic) bond motifs is 1. The molecule has 14 heavy (non-hydrogen) atoms. The summed E-state index contributed by atoms with van der Waals surface area (Å²) in [6, 6.07) is 0. The number of rotatable bonds is 2. The van der Waals surface area contributed by atoms with Crippen LogP contribution in [0.15, 0.2) is 11.8 Å². The van der Waals surface area contributed by atoms with Crippen LogP contribution >= 0.6 is 0 Å². The first-order valence-electron chi connectivity index (χ1n) is 5.11. The van der Waals surface area contributed by atoms with Gasteiger partial charge in [-0.15, -0.1) is 0 Å². The number of aldehydes is 1. The third kappa shape index (κ3) is 1.36. The molecule has 0 N–H and O–H groups in total. The normalized spacial score (nSPS) is 41.1. The van der Waals surface area contributed by atoms with Crippen LogP contribution in [0.5, 0.6) is 0 Å². The number of hydrogen-bond acceptors (Lipinski definition) is 3. The van der Waals surface area contributed by atoms with Gasteiger partial charge >= 0.3 is 0 Å². The van der Waals surface area contributed by atoms with Crippen LogP contribution in [-0.2, 0) is 14.3 Å². The van der Waals surface area contributed by atoms with Crippen molar-refractivity contribution in [2.45, 2.75) is 26.1 Å². The average Bonchev–Trinajstić information content (AvgIpc) is 2.60. The van der Waals surface area contributed by atoms with Gasteiger partial charge in [0.05, 0.1) is 6.26 Å². The first-order valence-corrected chi connectivity index (χ1v) is 5.11. The minimum Gasteiger partial charge on any atom is -0.472 e. The summed E-state index contributed by atoms with van der Waals surface area (Å²) in [6.07, 6.45) is 4.56. The van der Waals surface area contributed by atoms with Crippen LogP contribution in [-0.4, -0.2) is 19.7 Å². The molecule has 1 heterocycles. The minimum atomic E-state index is -0.166. The fourth-order valence-corrected chi connectivity index (χ4v) is 2.72. The monoisotopic (exact) mass is 196 g/mol. The Morgan fingerprint density at radius 2 is 2.36 bits per heavy atom. The van der Waals surface area contributed by atoms with Gasteiger partial charge in [-0.3, -0.25) is 4.79 Å². The molecule has 3 nitrogen and oxygen atoms in total. The molecular weight excluding hydrogens is 180 g/mol. The maximum atomic E-state index is 10.8. The Hall–Kier alpha value is -0.830. The number of ether oxygens (including phenoxy) is 2. The van der Waals surface area contributed by atoms with Gasteiger partial charge in [0.15, 0.2) is 0 Å². The summed E-state index contributed by atoms with van der Waals surface area (Å²) in [4.78, 5) is 10.8. The lowest BCUT2D eigenvalue weighted by Gasteiger charge is -2.33. The molecule has 0 spiro atoms.